The van der Waals surface area contributed by atoms with Crippen LogP contribution >= 0.6 is 0 Å². The van der Waals surface area contributed by atoms with Gasteiger partial charge < -0.3 is 5.32 Å². The van der Waals surface area contributed by atoms with Gasteiger partial charge >= 0.3 is 0 Å². The van der Waals surface area contributed by atoms with Crippen LogP contribution in [-0.4, -0.2) is 12.6 Å². The van der Waals surface area contributed by atoms with E-state index in [1.807, 2.05) is 27.7 Å². The molecule has 1 nitrogen and oxygen atoms in total. The summed E-state index contributed by atoms with van der Waals surface area (Å²) in [5.41, 5.74) is 1.46. The second-order valence-electron chi connectivity index (χ2n) is 4.47. The summed E-state index contributed by atoms with van der Waals surface area (Å²) >= 11 is 0. The molecule has 18 heavy (non-hydrogen) atoms. The Morgan fingerprint density at radius 2 is 1.67 bits per heavy atom. The molecule has 1 aliphatic heterocycles. The number of benzene rings is 1. The Hall–Kier alpha value is -0.820. The molecule has 1 fully saturated rings. The van der Waals surface area contributed by atoms with Crippen molar-refractivity contribution in [3.05, 3.63) is 35.9 Å². The monoisotopic (exact) mass is 249 g/mol. The maximum atomic E-state index is 3.60. The van der Waals surface area contributed by atoms with E-state index in [2.05, 4.69) is 42.6 Å². The van der Waals surface area contributed by atoms with Gasteiger partial charge in [-0.1, -0.05) is 65.0 Å². The molecule has 0 spiro atoms. The molecule has 1 aliphatic rings. The third-order valence-electron chi connectivity index (χ3n) is 3.08. The number of nitrogens with one attached hydrogen (secondary N) is 1. The van der Waals surface area contributed by atoms with Crippen molar-refractivity contribution in [3.8, 4) is 0 Å². The van der Waals surface area contributed by atoms with Gasteiger partial charge in [-0.05, 0) is 37.3 Å². The molecule has 1 heterocycles. The van der Waals surface area contributed by atoms with Crippen LogP contribution in [0.15, 0.2) is 30.3 Å². The zero-order valence-electron chi connectivity index (χ0n) is 12.9. The first-order chi connectivity index (χ1) is 8.84. The average Bonchev–Trinajstić information content (AvgIpc) is 2.44. The van der Waals surface area contributed by atoms with Gasteiger partial charge in [0.1, 0.15) is 0 Å². The Labute approximate surface area is 114 Å². The molecule has 2 rings (SSSR count). The van der Waals surface area contributed by atoms with E-state index in [4.69, 9.17) is 0 Å². The highest BCUT2D eigenvalue weighted by Crippen LogP contribution is 2.17. The second kappa shape index (κ2) is 11.3. The van der Waals surface area contributed by atoms with Gasteiger partial charge in [0.05, 0.1) is 0 Å². The lowest BCUT2D eigenvalue weighted by molar-refractivity contribution is 0.318. The standard InChI is InChI=1S/C13H19N.2C2H6/c1-11-7-8-14-13(9-11)10-12-5-3-2-4-6-12;2*1-2/h2-6,11,13-14H,7-10H2,1H3;2*1-2H3/t11?,13-;;/m1../s1. The van der Waals surface area contributed by atoms with Crippen molar-refractivity contribution in [1.82, 2.24) is 5.32 Å². The van der Waals surface area contributed by atoms with Crippen molar-refractivity contribution in [2.24, 2.45) is 5.92 Å². The molecule has 1 N–H and O–H groups in total. The summed E-state index contributed by atoms with van der Waals surface area (Å²) in [4.78, 5) is 0. The molecule has 0 radical (unpaired) electrons. The van der Waals surface area contributed by atoms with Crippen LogP contribution in [0, 0.1) is 5.92 Å². The fourth-order valence-corrected chi connectivity index (χ4v) is 2.27. The normalized spacial score (nSPS) is 22.1. The van der Waals surface area contributed by atoms with Crippen molar-refractivity contribution >= 4 is 0 Å². The molecule has 2 atom stereocenters. The molecule has 104 valence electrons. The fraction of sp³-hybridized carbons (Fsp3) is 0.647. The molecule has 1 aromatic carbocycles. The van der Waals surface area contributed by atoms with E-state index in [9.17, 15) is 0 Å². The van der Waals surface area contributed by atoms with Gasteiger partial charge in [-0.2, -0.15) is 0 Å². The lowest BCUT2D eigenvalue weighted by Gasteiger charge is -2.28. The van der Waals surface area contributed by atoms with E-state index in [1.165, 1.54) is 31.4 Å². The van der Waals surface area contributed by atoms with Crippen LogP contribution < -0.4 is 5.32 Å². The minimum atomic E-state index is 0.696. The fourth-order valence-electron chi connectivity index (χ4n) is 2.27. The Kier molecular flexibility index (Phi) is 10.8. The summed E-state index contributed by atoms with van der Waals surface area (Å²) in [6, 6.07) is 11.5. The topological polar surface area (TPSA) is 12.0 Å². The molecule has 1 unspecified atom stereocenters. The Balaban J connectivity index is 0.000000659. The van der Waals surface area contributed by atoms with E-state index < -0.39 is 0 Å². The maximum absolute atomic E-state index is 3.60. The molecule has 1 heteroatoms. The zero-order chi connectivity index (χ0) is 13.8. The minimum absolute atomic E-state index is 0.696. The summed E-state index contributed by atoms with van der Waals surface area (Å²) in [6.07, 6.45) is 3.85. The van der Waals surface area contributed by atoms with E-state index in [0.717, 1.165) is 5.92 Å². The van der Waals surface area contributed by atoms with E-state index in [1.54, 1.807) is 0 Å². The van der Waals surface area contributed by atoms with Crippen LogP contribution in [0.2, 0.25) is 0 Å². The first-order valence-corrected chi connectivity index (χ1v) is 7.62. The third-order valence-corrected chi connectivity index (χ3v) is 3.08. The minimum Gasteiger partial charge on any atom is -0.314 e. The van der Waals surface area contributed by atoms with Crippen LogP contribution in [0.25, 0.3) is 0 Å². The van der Waals surface area contributed by atoms with Crippen LogP contribution in [0.1, 0.15) is 53.0 Å². The molecule has 0 aliphatic carbocycles. The van der Waals surface area contributed by atoms with Crippen LogP contribution in [0.4, 0.5) is 0 Å². The largest absolute Gasteiger partial charge is 0.314 e. The molecular weight excluding hydrogens is 218 g/mol. The van der Waals surface area contributed by atoms with Gasteiger partial charge in [-0.25, -0.2) is 0 Å². The van der Waals surface area contributed by atoms with Gasteiger partial charge in [-0.3, -0.25) is 0 Å². The number of hydrogen-bond donors (Lipinski definition) is 1. The summed E-state index contributed by atoms with van der Waals surface area (Å²) in [5, 5.41) is 3.60. The summed E-state index contributed by atoms with van der Waals surface area (Å²) in [6.45, 7) is 11.6. The Morgan fingerprint density at radius 3 is 2.22 bits per heavy atom. The number of piperidine rings is 1. The van der Waals surface area contributed by atoms with Crippen LogP contribution in [0.3, 0.4) is 0 Å². The molecule has 0 amide bonds. The van der Waals surface area contributed by atoms with Gasteiger partial charge in [0, 0.05) is 6.04 Å². The van der Waals surface area contributed by atoms with Gasteiger partial charge in [0.2, 0.25) is 0 Å². The molecule has 0 aromatic heterocycles. The molecule has 1 aromatic rings. The summed E-state index contributed by atoms with van der Waals surface area (Å²) < 4.78 is 0. The molecule has 1 saturated heterocycles. The predicted molar refractivity (Wildman–Crippen MR) is 83.0 cm³/mol. The van der Waals surface area contributed by atoms with Crippen molar-refractivity contribution in [2.45, 2.75) is 59.9 Å². The second-order valence-corrected chi connectivity index (χ2v) is 4.47. The SMILES string of the molecule is CC.CC.CC1CCN[C@@H](Cc2ccccc2)C1. The average molecular weight is 249 g/mol. The Bertz CT molecular complexity index is 268. The van der Waals surface area contributed by atoms with E-state index in [-0.39, 0.29) is 0 Å². The third kappa shape index (κ3) is 6.80. The highest BCUT2D eigenvalue weighted by atomic mass is 14.9. The number of hydrogen-bond acceptors (Lipinski definition) is 1. The number of rotatable bonds is 2. The van der Waals surface area contributed by atoms with Crippen molar-refractivity contribution in [1.29, 1.82) is 0 Å². The van der Waals surface area contributed by atoms with Crippen LogP contribution in [-0.2, 0) is 6.42 Å². The molecule has 0 bridgehead atoms. The van der Waals surface area contributed by atoms with Gasteiger partial charge in [-0.15, -0.1) is 0 Å². The lowest BCUT2D eigenvalue weighted by Crippen LogP contribution is -2.38. The lowest BCUT2D eigenvalue weighted by atomic mass is 9.91. The smallest absolute Gasteiger partial charge is 0.0110 e. The summed E-state index contributed by atoms with van der Waals surface area (Å²) in [5.74, 6) is 0.893. The van der Waals surface area contributed by atoms with E-state index >= 15 is 0 Å². The highest BCUT2D eigenvalue weighted by molar-refractivity contribution is 5.16. The maximum Gasteiger partial charge on any atom is 0.0110 e. The van der Waals surface area contributed by atoms with Gasteiger partial charge in [0.25, 0.3) is 0 Å². The van der Waals surface area contributed by atoms with Crippen LogP contribution in [0.5, 0.6) is 0 Å². The van der Waals surface area contributed by atoms with E-state index in [0.29, 0.717) is 6.04 Å². The van der Waals surface area contributed by atoms with Crippen molar-refractivity contribution in [3.63, 3.8) is 0 Å². The molecular formula is C17H31N. The highest BCUT2D eigenvalue weighted by Gasteiger charge is 2.17. The summed E-state index contributed by atoms with van der Waals surface area (Å²) in [7, 11) is 0. The van der Waals surface area contributed by atoms with Crippen molar-refractivity contribution in [2.75, 3.05) is 6.54 Å². The predicted octanol–water partition coefficient (Wildman–Crippen LogP) is 4.67. The first-order valence-electron chi connectivity index (χ1n) is 7.62. The molecule has 0 saturated carbocycles. The first kappa shape index (κ1) is 17.2. The van der Waals surface area contributed by atoms with Crippen molar-refractivity contribution < 1.29 is 0 Å². The quantitative estimate of drug-likeness (QED) is 0.803. The van der Waals surface area contributed by atoms with Gasteiger partial charge in [0.15, 0.2) is 0 Å². The Morgan fingerprint density at radius 1 is 1.06 bits per heavy atom. The zero-order valence-corrected chi connectivity index (χ0v) is 12.9.